The summed E-state index contributed by atoms with van der Waals surface area (Å²) >= 11 is 0. The number of benzene rings is 3. The van der Waals surface area contributed by atoms with Crippen LogP contribution in [0.15, 0.2) is 71.6 Å². The van der Waals surface area contributed by atoms with Crippen LogP contribution < -0.4 is 9.62 Å². The quantitative estimate of drug-likeness (QED) is 0.342. The molecule has 0 aliphatic carbocycles. The lowest BCUT2D eigenvalue weighted by Gasteiger charge is -2.33. The molecular formula is C31H38FN3O4S. The van der Waals surface area contributed by atoms with Crippen LogP contribution in [-0.4, -0.2) is 43.8 Å². The van der Waals surface area contributed by atoms with E-state index in [-0.39, 0.29) is 23.4 Å². The van der Waals surface area contributed by atoms with E-state index >= 15 is 0 Å². The SMILES string of the molecule is CC[C@H](C)NC(=O)[C@@H](C)N(Cc1ccc(F)cc1)C(=O)CN(c1cccc(C)c1C)S(=O)(=O)c1ccc(C)cc1. The Morgan fingerprint density at radius 2 is 1.55 bits per heavy atom. The molecule has 0 aromatic heterocycles. The minimum absolute atomic E-state index is 0.000571. The number of carbonyl (C=O) groups excluding carboxylic acids is 2. The minimum atomic E-state index is -4.15. The van der Waals surface area contributed by atoms with Crippen LogP contribution in [0.1, 0.15) is 49.4 Å². The predicted octanol–water partition coefficient (Wildman–Crippen LogP) is 5.28. The molecule has 1 N–H and O–H groups in total. The first-order valence-corrected chi connectivity index (χ1v) is 14.8. The smallest absolute Gasteiger partial charge is 0.264 e. The van der Waals surface area contributed by atoms with Crippen molar-refractivity contribution in [2.45, 2.75) is 71.5 Å². The maximum atomic E-state index is 14.0. The average molecular weight is 568 g/mol. The number of sulfonamides is 1. The number of aryl methyl sites for hydroxylation is 2. The van der Waals surface area contributed by atoms with Crippen molar-refractivity contribution in [3.63, 3.8) is 0 Å². The van der Waals surface area contributed by atoms with Crippen LogP contribution in [0.3, 0.4) is 0 Å². The molecule has 3 aromatic carbocycles. The third kappa shape index (κ3) is 7.27. The molecule has 0 unspecified atom stereocenters. The van der Waals surface area contributed by atoms with Crippen molar-refractivity contribution in [2.24, 2.45) is 0 Å². The maximum Gasteiger partial charge on any atom is 0.264 e. The van der Waals surface area contributed by atoms with Gasteiger partial charge in [0.2, 0.25) is 11.8 Å². The molecule has 7 nitrogen and oxygen atoms in total. The average Bonchev–Trinajstić information content (AvgIpc) is 2.92. The highest BCUT2D eigenvalue weighted by atomic mass is 32.2. The summed E-state index contributed by atoms with van der Waals surface area (Å²) in [7, 11) is -4.15. The van der Waals surface area contributed by atoms with Gasteiger partial charge in [0.1, 0.15) is 18.4 Å². The van der Waals surface area contributed by atoms with Crippen molar-refractivity contribution in [3.8, 4) is 0 Å². The van der Waals surface area contributed by atoms with Gasteiger partial charge in [-0.2, -0.15) is 0 Å². The molecule has 2 amide bonds. The first-order valence-electron chi connectivity index (χ1n) is 13.3. The Hall–Kier alpha value is -3.72. The Morgan fingerprint density at radius 1 is 0.925 bits per heavy atom. The molecular weight excluding hydrogens is 529 g/mol. The number of carbonyl (C=O) groups is 2. The van der Waals surface area contributed by atoms with Gasteiger partial charge in [-0.25, -0.2) is 12.8 Å². The Kier molecular flexibility index (Phi) is 10.1. The molecule has 0 radical (unpaired) electrons. The summed E-state index contributed by atoms with van der Waals surface area (Å²) in [5.41, 5.74) is 3.49. The highest BCUT2D eigenvalue weighted by Crippen LogP contribution is 2.29. The van der Waals surface area contributed by atoms with E-state index in [9.17, 15) is 22.4 Å². The van der Waals surface area contributed by atoms with Crippen molar-refractivity contribution < 1.29 is 22.4 Å². The second kappa shape index (κ2) is 13.1. The maximum absolute atomic E-state index is 14.0. The molecule has 0 saturated carbocycles. The zero-order valence-corrected chi connectivity index (χ0v) is 24.8. The van der Waals surface area contributed by atoms with Crippen molar-refractivity contribution in [1.82, 2.24) is 10.2 Å². The molecule has 40 heavy (non-hydrogen) atoms. The molecule has 0 fully saturated rings. The molecule has 2 atom stereocenters. The van der Waals surface area contributed by atoms with Crippen LogP contribution in [-0.2, 0) is 26.2 Å². The van der Waals surface area contributed by atoms with Gasteiger partial charge in [-0.05, 0) is 88.1 Å². The highest BCUT2D eigenvalue weighted by molar-refractivity contribution is 7.92. The van der Waals surface area contributed by atoms with E-state index in [2.05, 4.69) is 5.32 Å². The van der Waals surface area contributed by atoms with Gasteiger partial charge < -0.3 is 10.2 Å². The Labute approximate surface area is 237 Å². The van der Waals surface area contributed by atoms with Crippen LogP contribution in [0.5, 0.6) is 0 Å². The Balaban J connectivity index is 2.06. The summed E-state index contributed by atoms with van der Waals surface area (Å²) in [5.74, 6) is -1.34. The number of rotatable bonds is 11. The summed E-state index contributed by atoms with van der Waals surface area (Å²) < 4.78 is 42.7. The van der Waals surface area contributed by atoms with Gasteiger partial charge in [0, 0.05) is 12.6 Å². The van der Waals surface area contributed by atoms with E-state index in [0.29, 0.717) is 17.7 Å². The fourth-order valence-electron chi connectivity index (χ4n) is 4.19. The lowest BCUT2D eigenvalue weighted by molar-refractivity contribution is -0.139. The second-order valence-electron chi connectivity index (χ2n) is 10.2. The van der Waals surface area contributed by atoms with Gasteiger partial charge in [-0.3, -0.25) is 13.9 Å². The van der Waals surface area contributed by atoms with E-state index in [1.165, 1.54) is 29.2 Å². The lowest BCUT2D eigenvalue weighted by atomic mass is 10.1. The van der Waals surface area contributed by atoms with Gasteiger partial charge >= 0.3 is 0 Å². The monoisotopic (exact) mass is 567 g/mol. The lowest BCUT2D eigenvalue weighted by Crippen LogP contribution is -2.52. The normalized spacial score (nSPS) is 12.9. The predicted molar refractivity (Wildman–Crippen MR) is 156 cm³/mol. The van der Waals surface area contributed by atoms with Gasteiger partial charge in [-0.15, -0.1) is 0 Å². The van der Waals surface area contributed by atoms with Gasteiger partial charge in [0.05, 0.1) is 10.6 Å². The highest BCUT2D eigenvalue weighted by Gasteiger charge is 2.33. The van der Waals surface area contributed by atoms with Crippen molar-refractivity contribution in [1.29, 1.82) is 0 Å². The molecule has 9 heteroatoms. The van der Waals surface area contributed by atoms with Crippen LogP contribution in [0.4, 0.5) is 10.1 Å². The molecule has 3 aromatic rings. The molecule has 0 aliphatic rings. The third-order valence-corrected chi connectivity index (χ3v) is 8.94. The zero-order chi connectivity index (χ0) is 29.6. The van der Waals surface area contributed by atoms with Gasteiger partial charge in [0.15, 0.2) is 0 Å². The van der Waals surface area contributed by atoms with Crippen molar-refractivity contribution in [2.75, 3.05) is 10.8 Å². The number of halogens is 1. The van der Waals surface area contributed by atoms with Crippen molar-refractivity contribution in [3.05, 3.63) is 94.8 Å². The van der Waals surface area contributed by atoms with Crippen LogP contribution in [0.2, 0.25) is 0 Å². The van der Waals surface area contributed by atoms with E-state index < -0.39 is 34.3 Å². The zero-order valence-electron chi connectivity index (χ0n) is 23.9. The number of hydrogen-bond donors (Lipinski definition) is 1. The van der Waals surface area contributed by atoms with Gasteiger partial charge in [0.25, 0.3) is 10.0 Å². The summed E-state index contributed by atoms with van der Waals surface area (Å²) in [4.78, 5) is 28.5. The third-order valence-electron chi connectivity index (χ3n) is 7.17. The van der Waals surface area contributed by atoms with Crippen molar-refractivity contribution >= 4 is 27.5 Å². The summed E-state index contributed by atoms with van der Waals surface area (Å²) in [6.07, 6.45) is 0.708. The van der Waals surface area contributed by atoms with E-state index in [1.54, 1.807) is 43.3 Å². The Morgan fingerprint density at radius 3 is 2.15 bits per heavy atom. The standard InChI is InChI=1S/C31H38FN3O4S/c1-7-23(4)33-31(37)25(6)34(19-26-13-15-27(32)16-14-26)30(36)20-35(29-10-8-9-22(3)24(29)5)40(38,39)28-17-11-21(2)12-18-28/h8-18,23,25H,7,19-20H2,1-6H3,(H,33,37)/t23-,25+/m0/s1. The number of anilines is 1. The molecule has 0 aliphatic heterocycles. The fraction of sp³-hybridized carbons (Fsp3) is 0.355. The molecule has 0 bridgehead atoms. The molecule has 0 saturated heterocycles. The topological polar surface area (TPSA) is 86.8 Å². The van der Waals surface area contributed by atoms with Gasteiger partial charge in [-0.1, -0.05) is 48.9 Å². The van der Waals surface area contributed by atoms with E-state index in [1.807, 2.05) is 40.7 Å². The van der Waals surface area contributed by atoms with Crippen LogP contribution in [0.25, 0.3) is 0 Å². The number of amides is 2. The second-order valence-corrected chi connectivity index (χ2v) is 12.0. The van der Waals surface area contributed by atoms with E-state index in [0.717, 1.165) is 21.0 Å². The Bertz CT molecular complexity index is 1440. The van der Waals surface area contributed by atoms with Crippen LogP contribution >= 0.6 is 0 Å². The summed E-state index contributed by atoms with van der Waals surface area (Å²) in [6, 6.07) is 16.4. The first-order chi connectivity index (χ1) is 18.8. The molecule has 214 valence electrons. The largest absolute Gasteiger partial charge is 0.352 e. The fourth-order valence-corrected chi connectivity index (χ4v) is 5.66. The summed E-state index contributed by atoms with van der Waals surface area (Å²) in [6.45, 7) is 10.4. The molecule has 3 rings (SSSR count). The van der Waals surface area contributed by atoms with E-state index in [4.69, 9.17) is 0 Å². The number of nitrogens with zero attached hydrogens (tertiary/aromatic N) is 2. The number of hydrogen-bond acceptors (Lipinski definition) is 4. The molecule has 0 spiro atoms. The number of nitrogens with one attached hydrogen (secondary N) is 1. The first kappa shape index (κ1) is 30.8. The molecule has 0 heterocycles. The minimum Gasteiger partial charge on any atom is -0.352 e. The van der Waals surface area contributed by atoms with Crippen LogP contribution in [0, 0.1) is 26.6 Å². The summed E-state index contributed by atoms with van der Waals surface area (Å²) in [5, 5.41) is 2.90.